The Morgan fingerprint density at radius 1 is 0.667 bits per heavy atom. The van der Waals surface area contributed by atoms with Crippen LogP contribution in [0.4, 0.5) is 0 Å². The van der Waals surface area contributed by atoms with Crippen molar-refractivity contribution in [3.05, 3.63) is 0 Å². The van der Waals surface area contributed by atoms with Gasteiger partial charge >= 0.3 is 0 Å². The van der Waals surface area contributed by atoms with E-state index >= 15 is 0 Å². The summed E-state index contributed by atoms with van der Waals surface area (Å²) in [4.78, 5) is 0. The van der Waals surface area contributed by atoms with Gasteiger partial charge in [-0.3, -0.25) is 0 Å². The van der Waals surface area contributed by atoms with E-state index in [9.17, 15) is 0 Å². The van der Waals surface area contributed by atoms with Gasteiger partial charge < -0.3 is 40.9 Å². The summed E-state index contributed by atoms with van der Waals surface area (Å²) >= 11 is 0. The predicted octanol–water partition coefficient (Wildman–Crippen LogP) is -3.63. The molecule has 0 radical (unpaired) electrons. The predicted molar refractivity (Wildman–Crippen MR) is 56.8 cm³/mol. The molecule has 2 aliphatic carbocycles. The Morgan fingerprint density at radius 3 is 1.11 bits per heavy atom. The number of rotatable bonds is 0. The molecule has 8 N–H and O–H groups in total. The third-order valence-electron chi connectivity index (χ3n) is 3.31. The van der Waals surface area contributed by atoms with Crippen molar-refractivity contribution >= 4 is 0 Å². The highest BCUT2D eigenvalue weighted by Gasteiger charge is 2.51. The first kappa shape index (κ1) is 15.7. The maximum absolute atomic E-state index is 8.78. The molecule has 0 bridgehead atoms. The Morgan fingerprint density at radius 2 is 1.00 bits per heavy atom. The fourth-order valence-electron chi connectivity index (χ4n) is 1.96. The van der Waals surface area contributed by atoms with E-state index in [0.717, 1.165) is 0 Å². The molecule has 0 aliphatic heterocycles. The second-order valence-corrected chi connectivity index (χ2v) is 4.84. The minimum Gasteiger partial charge on any atom is -0.390 e. The van der Waals surface area contributed by atoms with Crippen molar-refractivity contribution < 1.29 is 40.9 Å². The zero-order valence-electron chi connectivity index (χ0n) is 9.72. The van der Waals surface area contributed by atoms with Gasteiger partial charge in [0.25, 0.3) is 0 Å². The van der Waals surface area contributed by atoms with Gasteiger partial charge in [-0.1, -0.05) is 0 Å². The van der Waals surface area contributed by atoms with E-state index in [1.54, 1.807) is 0 Å². The number of aliphatic hydroxyl groups excluding tert-OH is 4. The molecule has 0 saturated heterocycles. The lowest BCUT2D eigenvalue weighted by Crippen LogP contribution is -2.49. The molecule has 0 spiro atoms. The van der Waals surface area contributed by atoms with Crippen LogP contribution in [0.2, 0.25) is 0 Å². The van der Waals surface area contributed by atoms with Gasteiger partial charge in [-0.15, -0.1) is 0 Å². The van der Waals surface area contributed by atoms with E-state index in [2.05, 4.69) is 0 Å². The Balaban J connectivity index is 0.000000180. The minimum absolute atomic E-state index is 0.0278. The van der Waals surface area contributed by atoms with Crippen LogP contribution >= 0.6 is 0 Å². The van der Waals surface area contributed by atoms with Crippen LogP contribution in [-0.2, 0) is 0 Å². The molecule has 2 fully saturated rings. The largest absolute Gasteiger partial charge is 0.390 e. The zero-order chi connectivity index (χ0) is 14.1. The highest BCUT2D eigenvalue weighted by Crippen LogP contribution is 2.34. The van der Waals surface area contributed by atoms with E-state index in [0.29, 0.717) is 6.42 Å². The van der Waals surface area contributed by atoms with Crippen molar-refractivity contribution in [2.45, 2.75) is 61.7 Å². The van der Waals surface area contributed by atoms with Crippen LogP contribution in [0.1, 0.15) is 25.7 Å². The molecule has 4 unspecified atom stereocenters. The van der Waals surface area contributed by atoms with Crippen molar-refractivity contribution in [3.8, 4) is 0 Å². The van der Waals surface area contributed by atoms with Crippen molar-refractivity contribution in [1.29, 1.82) is 0 Å². The Bertz CT molecular complexity index is 253. The van der Waals surface area contributed by atoms with Crippen molar-refractivity contribution in [1.82, 2.24) is 0 Å². The van der Waals surface area contributed by atoms with Crippen LogP contribution < -0.4 is 0 Å². The summed E-state index contributed by atoms with van der Waals surface area (Å²) < 4.78 is 0. The van der Waals surface area contributed by atoms with Gasteiger partial charge in [0, 0.05) is 19.3 Å². The summed E-state index contributed by atoms with van der Waals surface area (Å²) in [5.41, 5.74) is 0. The van der Waals surface area contributed by atoms with Gasteiger partial charge in [0.15, 0.2) is 0 Å². The average Bonchev–Trinajstić information content (AvgIpc) is 2.60. The quantitative estimate of drug-likeness (QED) is 0.209. The summed E-state index contributed by atoms with van der Waals surface area (Å²) in [6.45, 7) is 0. The third-order valence-corrected chi connectivity index (χ3v) is 3.31. The third kappa shape index (κ3) is 3.16. The smallest absolute Gasteiger partial charge is 0.218 e. The van der Waals surface area contributed by atoms with Crippen LogP contribution in [0.15, 0.2) is 0 Å². The van der Waals surface area contributed by atoms with Crippen LogP contribution in [0.5, 0.6) is 0 Å². The van der Waals surface area contributed by atoms with E-state index in [-0.39, 0.29) is 19.3 Å². The SMILES string of the molecule is OC1(O)CCCC1(O)O.OC1CC(O)C(O)C1O. The second-order valence-electron chi connectivity index (χ2n) is 4.84. The number of hydrogen-bond acceptors (Lipinski definition) is 8. The van der Waals surface area contributed by atoms with Crippen molar-refractivity contribution in [3.63, 3.8) is 0 Å². The first-order chi connectivity index (χ1) is 8.08. The maximum atomic E-state index is 8.78. The molecule has 0 aromatic carbocycles. The molecule has 0 aromatic rings. The number of hydrogen-bond donors (Lipinski definition) is 8. The van der Waals surface area contributed by atoms with Crippen LogP contribution in [-0.4, -0.2) is 76.8 Å². The lowest BCUT2D eigenvalue weighted by Gasteiger charge is -2.27. The summed E-state index contributed by atoms with van der Waals surface area (Å²) in [5, 5.41) is 70.2. The van der Waals surface area contributed by atoms with Gasteiger partial charge in [0.2, 0.25) is 11.6 Å². The van der Waals surface area contributed by atoms with Crippen LogP contribution in [0.3, 0.4) is 0 Å². The van der Waals surface area contributed by atoms with E-state index in [4.69, 9.17) is 40.9 Å². The van der Waals surface area contributed by atoms with Crippen molar-refractivity contribution in [2.75, 3.05) is 0 Å². The Hall–Kier alpha value is -0.320. The average molecular weight is 268 g/mol. The Kier molecular flexibility index (Phi) is 4.68. The minimum atomic E-state index is -2.30. The highest BCUT2D eigenvalue weighted by molar-refractivity contribution is 4.90. The summed E-state index contributed by atoms with van der Waals surface area (Å²) in [6, 6.07) is 0. The molecule has 0 amide bonds. The van der Waals surface area contributed by atoms with Crippen LogP contribution in [0, 0.1) is 0 Å². The van der Waals surface area contributed by atoms with Gasteiger partial charge in [0.1, 0.15) is 12.2 Å². The van der Waals surface area contributed by atoms with Gasteiger partial charge in [-0.2, -0.15) is 0 Å². The van der Waals surface area contributed by atoms with E-state index in [1.165, 1.54) is 0 Å². The first-order valence-corrected chi connectivity index (χ1v) is 5.70. The highest BCUT2D eigenvalue weighted by atomic mass is 16.6. The van der Waals surface area contributed by atoms with Crippen LogP contribution in [0.25, 0.3) is 0 Å². The molecule has 0 heterocycles. The first-order valence-electron chi connectivity index (χ1n) is 5.70. The zero-order valence-corrected chi connectivity index (χ0v) is 9.72. The summed E-state index contributed by atoms with van der Waals surface area (Å²) in [6.07, 6.45) is -3.77. The van der Waals surface area contributed by atoms with Crippen molar-refractivity contribution in [2.24, 2.45) is 0 Å². The molecular weight excluding hydrogens is 248 g/mol. The summed E-state index contributed by atoms with van der Waals surface area (Å²) in [7, 11) is 0. The lowest BCUT2D eigenvalue weighted by molar-refractivity contribution is -0.339. The van der Waals surface area contributed by atoms with E-state index < -0.39 is 36.0 Å². The molecule has 2 aliphatic rings. The molecule has 2 saturated carbocycles. The molecule has 108 valence electrons. The van der Waals surface area contributed by atoms with Gasteiger partial charge in [-0.05, 0) is 6.42 Å². The molecule has 4 atom stereocenters. The standard InChI is InChI=1S/2C5H10O4/c6-4(7)2-1-3-5(4,8)9;6-2-1-3(7)5(9)4(2)8/h6-9H,1-3H2;2-9H,1H2. The normalized spacial score (nSPS) is 41.3. The van der Waals surface area contributed by atoms with E-state index in [1.807, 2.05) is 0 Å². The van der Waals surface area contributed by atoms with Gasteiger partial charge in [-0.25, -0.2) is 0 Å². The summed E-state index contributed by atoms with van der Waals surface area (Å²) in [5.74, 6) is -4.60. The van der Waals surface area contributed by atoms with Gasteiger partial charge in [0.05, 0.1) is 12.2 Å². The fraction of sp³-hybridized carbons (Fsp3) is 1.00. The molecular formula is C10H20O8. The fourth-order valence-corrected chi connectivity index (χ4v) is 1.96. The molecule has 8 nitrogen and oxygen atoms in total. The molecule has 8 heteroatoms. The lowest BCUT2D eigenvalue weighted by atomic mass is 10.1. The molecule has 18 heavy (non-hydrogen) atoms. The topological polar surface area (TPSA) is 162 Å². The molecule has 2 rings (SSSR count). The molecule has 0 aromatic heterocycles. The monoisotopic (exact) mass is 268 g/mol. The maximum Gasteiger partial charge on any atom is 0.218 e. The Labute approximate surface area is 103 Å². The number of aliphatic hydroxyl groups is 8. The second kappa shape index (κ2) is 5.35.